The molecule has 0 fully saturated rings. The molecule has 2 unspecified atom stereocenters. The highest BCUT2D eigenvalue weighted by molar-refractivity contribution is 7.47. The van der Waals surface area contributed by atoms with Crippen LogP contribution in [0.25, 0.3) is 0 Å². The lowest BCUT2D eigenvalue weighted by Crippen LogP contribution is -2.29. The third-order valence-electron chi connectivity index (χ3n) is 13.6. The van der Waals surface area contributed by atoms with Gasteiger partial charge in [-0.3, -0.25) is 18.6 Å². The maximum Gasteiger partial charge on any atom is 0.472 e. The highest BCUT2D eigenvalue weighted by atomic mass is 31.2. The molecule has 0 amide bonds. The van der Waals surface area contributed by atoms with Gasteiger partial charge in [-0.1, -0.05) is 292 Å². The molecule has 0 saturated heterocycles. The molecule has 9 nitrogen and oxygen atoms in total. The van der Waals surface area contributed by atoms with E-state index in [9.17, 15) is 19.0 Å². The number of carbonyl (C=O) groups is 2. The second kappa shape index (κ2) is 60.7. The van der Waals surface area contributed by atoms with Gasteiger partial charge in [0, 0.05) is 19.4 Å². The number of hydrogen-bond acceptors (Lipinski definition) is 8. The summed E-state index contributed by atoms with van der Waals surface area (Å²) in [6.45, 7) is 3.67. The van der Waals surface area contributed by atoms with E-state index < -0.39 is 26.5 Å². The summed E-state index contributed by atoms with van der Waals surface area (Å²) in [7, 11) is -4.39. The molecule has 0 radical (unpaired) electrons. The summed E-state index contributed by atoms with van der Waals surface area (Å²) in [5.74, 6) is -0.816. The molecular weight excluding hydrogens is 954 g/mol. The van der Waals surface area contributed by atoms with Crippen molar-refractivity contribution in [2.45, 2.75) is 302 Å². The van der Waals surface area contributed by atoms with E-state index in [2.05, 4.69) is 86.8 Å². The number of carbonyl (C=O) groups excluding carboxylic acids is 2. The summed E-state index contributed by atoms with van der Waals surface area (Å²) in [6.07, 6.45) is 78.3. The quantitative estimate of drug-likeness (QED) is 0.0264. The summed E-state index contributed by atoms with van der Waals surface area (Å²) >= 11 is 0. The highest BCUT2D eigenvalue weighted by Gasteiger charge is 2.26. The van der Waals surface area contributed by atoms with Crippen LogP contribution in [0, 0.1) is 0 Å². The van der Waals surface area contributed by atoms with Crippen LogP contribution in [0.5, 0.6) is 0 Å². The van der Waals surface area contributed by atoms with Crippen molar-refractivity contribution in [1.82, 2.24) is 0 Å². The van der Waals surface area contributed by atoms with Crippen LogP contribution in [0.2, 0.25) is 0 Å². The van der Waals surface area contributed by atoms with Gasteiger partial charge in [0.1, 0.15) is 6.61 Å². The third-order valence-corrected chi connectivity index (χ3v) is 14.6. The molecule has 10 heteroatoms. The van der Waals surface area contributed by atoms with Crippen molar-refractivity contribution < 1.29 is 37.6 Å². The number of ether oxygens (including phenoxy) is 2. The number of phosphoric ester groups is 1. The van der Waals surface area contributed by atoms with E-state index in [4.69, 9.17) is 24.3 Å². The first-order chi connectivity index (χ1) is 36.8. The Balaban J connectivity index is 3.91. The van der Waals surface area contributed by atoms with E-state index >= 15 is 0 Å². The fourth-order valence-corrected chi connectivity index (χ4v) is 9.76. The first-order valence-corrected chi connectivity index (χ1v) is 32.9. The molecule has 75 heavy (non-hydrogen) atoms. The van der Waals surface area contributed by atoms with Crippen molar-refractivity contribution >= 4 is 19.8 Å². The van der Waals surface area contributed by atoms with Gasteiger partial charge in [0.25, 0.3) is 0 Å². The Kier molecular flexibility index (Phi) is 58.6. The zero-order valence-electron chi connectivity index (χ0n) is 48.8. The molecule has 436 valence electrons. The smallest absolute Gasteiger partial charge is 0.462 e. The molecule has 0 aromatic rings. The number of esters is 2. The van der Waals surface area contributed by atoms with E-state index in [1.807, 2.05) is 0 Å². The van der Waals surface area contributed by atoms with E-state index in [0.717, 1.165) is 77.0 Å². The van der Waals surface area contributed by atoms with Crippen LogP contribution in [0.1, 0.15) is 296 Å². The summed E-state index contributed by atoms with van der Waals surface area (Å²) in [6, 6.07) is 0. The zero-order valence-corrected chi connectivity index (χ0v) is 49.7. The molecule has 0 aliphatic heterocycles. The first kappa shape index (κ1) is 72.5. The highest BCUT2D eigenvalue weighted by Crippen LogP contribution is 2.43. The average molecular weight is 1070 g/mol. The number of hydrogen-bond donors (Lipinski definition) is 2. The first-order valence-electron chi connectivity index (χ1n) is 31.4. The van der Waals surface area contributed by atoms with Crippen LogP contribution in [0.4, 0.5) is 0 Å². The average Bonchev–Trinajstić information content (AvgIpc) is 3.40. The largest absolute Gasteiger partial charge is 0.472 e. The molecule has 0 aliphatic rings. The minimum atomic E-state index is -4.39. The third kappa shape index (κ3) is 60.5. The van der Waals surface area contributed by atoms with Crippen LogP contribution in [-0.2, 0) is 32.7 Å². The van der Waals surface area contributed by atoms with Gasteiger partial charge in [-0.25, -0.2) is 4.57 Å². The van der Waals surface area contributed by atoms with Crippen LogP contribution >= 0.6 is 7.82 Å². The fraction of sp³-hybridized carbons (Fsp3) is 0.785. The molecule has 0 saturated carbocycles. The summed E-state index contributed by atoms with van der Waals surface area (Å²) in [5.41, 5.74) is 5.39. The number of rotatable bonds is 59. The van der Waals surface area contributed by atoms with Crippen molar-refractivity contribution in [2.24, 2.45) is 5.73 Å². The van der Waals surface area contributed by atoms with Gasteiger partial charge in [-0.2, -0.15) is 0 Å². The van der Waals surface area contributed by atoms with E-state index in [-0.39, 0.29) is 38.6 Å². The Morgan fingerprint density at radius 1 is 0.413 bits per heavy atom. The number of nitrogens with two attached hydrogens (primary N) is 1. The standard InChI is InChI=1S/C65H118NO8P/c1-3-5-7-9-11-13-15-17-19-21-23-25-26-27-28-29-30-31-32-33-34-35-36-38-40-42-44-46-48-50-52-54-56-58-65(68)74-63(62-73-75(69,70)72-60-59-66)61-71-64(67)57-55-53-51-49-47-45-43-41-39-37-24-22-20-18-16-14-12-10-8-6-4-2/h5,7,11,13,17,19,23,25,27-28,30-31,63H,3-4,6,8-10,12,14-16,18,20-22,24,26,29,32-62,66H2,1-2H3,(H,69,70)/b7-5-,13-11-,19-17-,25-23-,28-27-,31-30-. The van der Waals surface area contributed by atoms with Crippen LogP contribution in [0.15, 0.2) is 72.9 Å². The number of phosphoric acid groups is 1. The summed E-state index contributed by atoms with van der Waals surface area (Å²) in [4.78, 5) is 35.3. The van der Waals surface area contributed by atoms with Crippen molar-refractivity contribution in [2.75, 3.05) is 26.4 Å². The van der Waals surface area contributed by atoms with Crippen LogP contribution in [-0.4, -0.2) is 49.3 Å². The number of unbranched alkanes of at least 4 members (excludes halogenated alkanes) is 34. The fourth-order valence-electron chi connectivity index (χ4n) is 9.00. The molecule has 2 atom stereocenters. The lowest BCUT2D eigenvalue weighted by molar-refractivity contribution is -0.161. The second-order valence-corrected chi connectivity index (χ2v) is 22.4. The van der Waals surface area contributed by atoms with E-state index in [0.29, 0.717) is 6.42 Å². The monoisotopic (exact) mass is 1070 g/mol. The Labute approximate surface area is 462 Å². The van der Waals surface area contributed by atoms with Gasteiger partial charge in [0.05, 0.1) is 13.2 Å². The topological polar surface area (TPSA) is 134 Å². The van der Waals surface area contributed by atoms with Gasteiger partial charge < -0.3 is 20.1 Å². The van der Waals surface area contributed by atoms with Crippen LogP contribution < -0.4 is 5.73 Å². The minimum absolute atomic E-state index is 0.0532. The zero-order chi connectivity index (χ0) is 54.5. The maximum atomic E-state index is 12.7. The van der Waals surface area contributed by atoms with Gasteiger partial charge in [0.2, 0.25) is 0 Å². The molecule has 0 bridgehead atoms. The molecule has 0 heterocycles. The molecular formula is C65H118NO8P. The predicted octanol–water partition coefficient (Wildman–Crippen LogP) is 20.1. The van der Waals surface area contributed by atoms with E-state index in [1.165, 1.54) is 186 Å². The summed E-state index contributed by atoms with van der Waals surface area (Å²) in [5, 5.41) is 0. The van der Waals surface area contributed by atoms with Crippen molar-refractivity contribution in [1.29, 1.82) is 0 Å². The van der Waals surface area contributed by atoms with Gasteiger partial charge in [0.15, 0.2) is 6.10 Å². The minimum Gasteiger partial charge on any atom is -0.462 e. The molecule has 0 aliphatic carbocycles. The number of allylic oxidation sites excluding steroid dienone is 12. The van der Waals surface area contributed by atoms with Crippen molar-refractivity contribution in [3.8, 4) is 0 Å². The Morgan fingerprint density at radius 3 is 1.09 bits per heavy atom. The Morgan fingerprint density at radius 2 is 0.733 bits per heavy atom. The van der Waals surface area contributed by atoms with Crippen molar-refractivity contribution in [3.05, 3.63) is 72.9 Å². The Bertz CT molecular complexity index is 1460. The molecule has 0 aromatic carbocycles. The van der Waals surface area contributed by atoms with E-state index in [1.54, 1.807) is 0 Å². The normalized spacial score (nSPS) is 13.5. The SMILES string of the molecule is CC/C=C\C/C=C\C/C=C\C/C=C\C/C=C\C/C=C\CCCCCCCCCCCCCCCCC(=O)OC(COC(=O)CCCCCCCCCCCCCCCCCCCCCCC)COP(=O)(O)OCCN. The lowest BCUT2D eigenvalue weighted by Gasteiger charge is -2.19. The molecule has 0 aromatic heterocycles. The molecule has 0 spiro atoms. The maximum absolute atomic E-state index is 12.7. The van der Waals surface area contributed by atoms with Crippen molar-refractivity contribution in [3.63, 3.8) is 0 Å². The summed E-state index contributed by atoms with van der Waals surface area (Å²) < 4.78 is 33.1. The van der Waals surface area contributed by atoms with Gasteiger partial charge >= 0.3 is 19.8 Å². The molecule has 0 rings (SSSR count). The van der Waals surface area contributed by atoms with Gasteiger partial charge in [-0.15, -0.1) is 0 Å². The predicted molar refractivity (Wildman–Crippen MR) is 321 cm³/mol. The lowest BCUT2D eigenvalue weighted by atomic mass is 10.0. The van der Waals surface area contributed by atoms with Crippen LogP contribution in [0.3, 0.4) is 0 Å². The molecule has 3 N–H and O–H groups in total. The van der Waals surface area contributed by atoms with Gasteiger partial charge in [-0.05, 0) is 64.2 Å². The Hall–Kier alpha value is -2.55. The second-order valence-electron chi connectivity index (χ2n) is 20.9.